The van der Waals surface area contributed by atoms with Gasteiger partial charge in [0.25, 0.3) is 0 Å². The molecule has 2 N–H and O–H groups in total. The molecule has 1 fully saturated rings. The second kappa shape index (κ2) is 6.61. The lowest BCUT2D eigenvalue weighted by Crippen LogP contribution is -2.63. The zero-order valence-corrected chi connectivity index (χ0v) is 12.3. The minimum absolute atomic E-state index is 0.0691. The zero-order chi connectivity index (χ0) is 15.3. The van der Waals surface area contributed by atoms with Crippen LogP contribution in [0.2, 0.25) is 0 Å². The summed E-state index contributed by atoms with van der Waals surface area (Å²) >= 11 is 0. The van der Waals surface area contributed by atoms with Crippen LogP contribution in [0.3, 0.4) is 0 Å². The van der Waals surface area contributed by atoms with Crippen molar-refractivity contribution < 1.29 is 14.7 Å². The molecular formula is C16H22N2O3. The molecule has 1 aromatic carbocycles. The molecule has 0 unspecified atom stereocenters. The Balaban J connectivity index is 1.81. The fourth-order valence-corrected chi connectivity index (χ4v) is 2.78. The van der Waals surface area contributed by atoms with Crippen LogP contribution in [0.5, 0.6) is 0 Å². The van der Waals surface area contributed by atoms with Gasteiger partial charge < -0.3 is 15.3 Å². The summed E-state index contributed by atoms with van der Waals surface area (Å²) in [5, 5.41) is 11.3. The quantitative estimate of drug-likeness (QED) is 0.789. The Hall–Kier alpha value is -2.04. The number of nitrogens with one attached hydrogen (secondary N) is 1. The fraction of sp³-hybridized carbons (Fsp3) is 0.500. The summed E-state index contributed by atoms with van der Waals surface area (Å²) in [5.41, 5.74) is 1.35. The molecule has 2 amide bonds. The third kappa shape index (κ3) is 3.54. The number of carboxylic acids is 1. The molecule has 0 radical (unpaired) electrons. The molecule has 1 aromatic rings. The topological polar surface area (TPSA) is 69.6 Å². The van der Waals surface area contributed by atoms with Gasteiger partial charge in [-0.25, -0.2) is 4.79 Å². The van der Waals surface area contributed by atoms with E-state index in [0.29, 0.717) is 13.0 Å². The van der Waals surface area contributed by atoms with Crippen molar-refractivity contribution >= 4 is 12.0 Å². The standard InChI is InChI=1S/C16H22N2O3/c1-2-16(13-7-4-3-5-8-13)11-18(12-16)15(21)17-10-6-9-14(19)20/h3-5,7-8H,2,6,9-12H2,1H3,(H,17,21)(H,19,20). The van der Waals surface area contributed by atoms with Gasteiger partial charge >= 0.3 is 12.0 Å². The maximum Gasteiger partial charge on any atom is 0.317 e. The van der Waals surface area contributed by atoms with Crippen LogP contribution in [-0.4, -0.2) is 41.6 Å². The summed E-state index contributed by atoms with van der Waals surface area (Å²) in [6, 6.07) is 10.2. The summed E-state index contributed by atoms with van der Waals surface area (Å²) < 4.78 is 0. The molecule has 114 valence electrons. The van der Waals surface area contributed by atoms with Crippen LogP contribution in [0.1, 0.15) is 31.7 Å². The van der Waals surface area contributed by atoms with Gasteiger partial charge in [0.05, 0.1) is 0 Å². The minimum atomic E-state index is -0.831. The van der Waals surface area contributed by atoms with Crippen molar-refractivity contribution in [3.63, 3.8) is 0 Å². The number of carboxylic acid groups (broad SMARTS) is 1. The number of benzene rings is 1. The lowest BCUT2D eigenvalue weighted by Gasteiger charge is -2.50. The lowest BCUT2D eigenvalue weighted by atomic mass is 9.72. The van der Waals surface area contributed by atoms with Crippen molar-refractivity contribution in [2.24, 2.45) is 0 Å². The maximum atomic E-state index is 12.0. The van der Waals surface area contributed by atoms with E-state index in [1.54, 1.807) is 4.90 Å². The molecule has 0 aliphatic carbocycles. The van der Waals surface area contributed by atoms with Gasteiger partial charge in [-0.15, -0.1) is 0 Å². The first-order valence-corrected chi connectivity index (χ1v) is 7.37. The number of urea groups is 1. The monoisotopic (exact) mass is 290 g/mol. The van der Waals surface area contributed by atoms with Crippen LogP contribution >= 0.6 is 0 Å². The van der Waals surface area contributed by atoms with E-state index in [2.05, 4.69) is 24.4 Å². The van der Waals surface area contributed by atoms with E-state index in [4.69, 9.17) is 5.11 Å². The Morgan fingerprint density at radius 3 is 2.52 bits per heavy atom. The highest BCUT2D eigenvalue weighted by molar-refractivity contribution is 5.76. The number of carbonyl (C=O) groups is 2. The number of amides is 2. The van der Waals surface area contributed by atoms with Crippen molar-refractivity contribution in [1.82, 2.24) is 10.2 Å². The maximum absolute atomic E-state index is 12.0. The number of rotatable bonds is 6. The average molecular weight is 290 g/mol. The van der Waals surface area contributed by atoms with E-state index in [9.17, 15) is 9.59 Å². The van der Waals surface area contributed by atoms with Gasteiger partial charge in [0.15, 0.2) is 0 Å². The molecule has 2 rings (SSSR count). The molecule has 0 aromatic heterocycles. The molecule has 5 nitrogen and oxygen atoms in total. The number of likely N-dealkylation sites (tertiary alicyclic amines) is 1. The molecule has 1 aliphatic heterocycles. The van der Waals surface area contributed by atoms with Crippen LogP contribution in [0.15, 0.2) is 30.3 Å². The Morgan fingerprint density at radius 2 is 1.95 bits per heavy atom. The van der Waals surface area contributed by atoms with E-state index >= 15 is 0 Å². The Morgan fingerprint density at radius 1 is 1.29 bits per heavy atom. The molecule has 21 heavy (non-hydrogen) atoms. The molecule has 1 heterocycles. The van der Waals surface area contributed by atoms with Crippen LogP contribution in [0.25, 0.3) is 0 Å². The largest absolute Gasteiger partial charge is 0.481 e. The van der Waals surface area contributed by atoms with Crippen molar-refractivity contribution in [3.05, 3.63) is 35.9 Å². The van der Waals surface area contributed by atoms with Gasteiger partial charge in [0, 0.05) is 31.5 Å². The third-order valence-electron chi connectivity index (χ3n) is 4.18. The van der Waals surface area contributed by atoms with E-state index in [1.165, 1.54) is 5.56 Å². The third-order valence-corrected chi connectivity index (χ3v) is 4.18. The Bertz CT molecular complexity index is 496. The summed E-state index contributed by atoms with van der Waals surface area (Å²) in [6.07, 6.45) is 1.55. The second-order valence-corrected chi connectivity index (χ2v) is 5.59. The van der Waals surface area contributed by atoms with E-state index < -0.39 is 5.97 Å². The van der Waals surface area contributed by atoms with Crippen molar-refractivity contribution in [2.45, 2.75) is 31.6 Å². The first-order chi connectivity index (χ1) is 10.1. The first kappa shape index (κ1) is 15.4. The van der Waals surface area contributed by atoms with Crippen LogP contribution in [0.4, 0.5) is 4.79 Å². The zero-order valence-electron chi connectivity index (χ0n) is 12.3. The highest BCUT2D eigenvalue weighted by Gasteiger charge is 2.44. The van der Waals surface area contributed by atoms with Gasteiger partial charge in [-0.1, -0.05) is 37.3 Å². The summed E-state index contributed by atoms with van der Waals surface area (Å²) in [4.78, 5) is 24.2. The predicted octanol–water partition coefficient (Wildman–Crippen LogP) is 2.22. The number of hydrogen-bond donors (Lipinski definition) is 2. The summed E-state index contributed by atoms with van der Waals surface area (Å²) in [5.74, 6) is -0.831. The van der Waals surface area contributed by atoms with E-state index in [-0.39, 0.29) is 17.9 Å². The average Bonchev–Trinajstić information content (AvgIpc) is 2.44. The summed E-state index contributed by atoms with van der Waals surface area (Å²) in [6.45, 7) is 4.00. The highest BCUT2D eigenvalue weighted by atomic mass is 16.4. The smallest absolute Gasteiger partial charge is 0.317 e. The summed E-state index contributed by atoms with van der Waals surface area (Å²) in [7, 11) is 0. The SMILES string of the molecule is CCC1(c2ccccc2)CN(C(=O)NCCCC(=O)O)C1. The Labute approximate surface area is 125 Å². The first-order valence-electron chi connectivity index (χ1n) is 7.37. The van der Waals surface area contributed by atoms with Crippen molar-refractivity contribution in [2.75, 3.05) is 19.6 Å². The van der Waals surface area contributed by atoms with Crippen LogP contribution < -0.4 is 5.32 Å². The second-order valence-electron chi connectivity index (χ2n) is 5.59. The number of aliphatic carboxylic acids is 1. The van der Waals surface area contributed by atoms with Gasteiger partial charge in [-0.3, -0.25) is 4.79 Å². The molecule has 5 heteroatoms. The molecule has 0 saturated carbocycles. The molecule has 1 aliphatic rings. The number of nitrogens with zero attached hydrogens (tertiary/aromatic N) is 1. The van der Waals surface area contributed by atoms with Gasteiger partial charge in [0.2, 0.25) is 0 Å². The van der Waals surface area contributed by atoms with Crippen LogP contribution in [-0.2, 0) is 10.2 Å². The fourth-order valence-electron chi connectivity index (χ4n) is 2.78. The van der Waals surface area contributed by atoms with Crippen LogP contribution in [0, 0.1) is 0 Å². The molecule has 0 atom stereocenters. The molecule has 0 bridgehead atoms. The number of hydrogen-bond acceptors (Lipinski definition) is 2. The number of carbonyl (C=O) groups excluding carboxylic acids is 1. The molecule has 0 spiro atoms. The van der Waals surface area contributed by atoms with Crippen molar-refractivity contribution in [3.8, 4) is 0 Å². The minimum Gasteiger partial charge on any atom is -0.481 e. The molecular weight excluding hydrogens is 268 g/mol. The van der Waals surface area contributed by atoms with Gasteiger partial charge in [0.1, 0.15) is 0 Å². The van der Waals surface area contributed by atoms with E-state index in [0.717, 1.165) is 19.5 Å². The highest BCUT2D eigenvalue weighted by Crippen LogP contribution is 2.37. The molecule has 1 saturated heterocycles. The van der Waals surface area contributed by atoms with Crippen molar-refractivity contribution in [1.29, 1.82) is 0 Å². The van der Waals surface area contributed by atoms with Gasteiger partial charge in [-0.2, -0.15) is 0 Å². The normalized spacial score (nSPS) is 16.1. The van der Waals surface area contributed by atoms with E-state index in [1.807, 2.05) is 18.2 Å². The lowest BCUT2D eigenvalue weighted by molar-refractivity contribution is -0.137. The predicted molar refractivity (Wildman–Crippen MR) is 80.3 cm³/mol. The Kier molecular flexibility index (Phi) is 4.83. The van der Waals surface area contributed by atoms with Gasteiger partial charge in [-0.05, 0) is 18.4 Å².